The van der Waals surface area contributed by atoms with Crippen LogP contribution in [0.3, 0.4) is 0 Å². The Morgan fingerprint density at radius 1 is 1.29 bits per heavy atom. The second kappa shape index (κ2) is 6.92. The molecule has 1 atom stereocenters. The molecule has 2 aromatic rings. The molecular formula is C16H21N5O2S. The van der Waals surface area contributed by atoms with Gasteiger partial charge in [0.15, 0.2) is 0 Å². The zero-order valence-corrected chi connectivity index (χ0v) is 14.6. The molecule has 1 aliphatic rings. The molecule has 7 nitrogen and oxygen atoms in total. The fourth-order valence-electron chi connectivity index (χ4n) is 2.91. The van der Waals surface area contributed by atoms with Crippen LogP contribution < -0.4 is 0 Å². The van der Waals surface area contributed by atoms with Crippen LogP contribution in [0.25, 0.3) is 0 Å². The molecule has 1 saturated heterocycles. The smallest absolute Gasteiger partial charge is 0.245 e. The highest BCUT2D eigenvalue weighted by Gasteiger charge is 2.37. The molecular weight excluding hydrogens is 326 g/mol. The molecule has 0 saturated carbocycles. The van der Waals surface area contributed by atoms with E-state index in [0.29, 0.717) is 18.9 Å². The molecule has 1 aliphatic heterocycles. The first kappa shape index (κ1) is 16.9. The monoisotopic (exact) mass is 347 g/mol. The van der Waals surface area contributed by atoms with Gasteiger partial charge in [0, 0.05) is 31.7 Å². The quantitative estimate of drug-likeness (QED) is 0.815. The molecule has 0 radical (unpaired) electrons. The lowest BCUT2D eigenvalue weighted by atomic mass is 10.2. The van der Waals surface area contributed by atoms with Crippen molar-refractivity contribution < 1.29 is 8.42 Å². The average Bonchev–Trinajstić information content (AvgIpc) is 3.06. The van der Waals surface area contributed by atoms with Crippen LogP contribution in [0.4, 0.5) is 0 Å². The lowest BCUT2D eigenvalue weighted by Gasteiger charge is -2.23. The lowest BCUT2D eigenvalue weighted by molar-refractivity contribution is 0.373. The van der Waals surface area contributed by atoms with Gasteiger partial charge in [-0.2, -0.15) is 4.31 Å². The van der Waals surface area contributed by atoms with E-state index in [0.717, 1.165) is 18.5 Å². The van der Waals surface area contributed by atoms with Gasteiger partial charge in [-0.05, 0) is 45.1 Å². The maximum Gasteiger partial charge on any atom is 0.245 e. The largest absolute Gasteiger partial charge is 0.304 e. The number of nitrogens with zero attached hydrogens (tertiary/aromatic N) is 5. The van der Waals surface area contributed by atoms with E-state index in [2.05, 4.69) is 15.0 Å². The number of sulfonamides is 1. The predicted molar refractivity (Wildman–Crippen MR) is 89.5 cm³/mol. The molecule has 8 heteroatoms. The number of hydrogen-bond acceptors (Lipinski definition) is 6. The Bertz CT molecular complexity index is 795. The van der Waals surface area contributed by atoms with E-state index >= 15 is 0 Å². The summed E-state index contributed by atoms with van der Waals surface area (Å²) in [6.45, 7) is 1.17. The minimum Gasteiger partial charge on any atom is -0.304 e. The molecule has 0 amide bonds. The summed E-state index contributed by atoms with van der Waals surface area (Å²) in [6.07, 6.45) is 6.17. The summed E-state index contributed by atoms with van der Waals surface area (Å²) in [7, 11) is 0.346. The highest BCUT2D eigenvalue weighted by molar-refractivity contribution is 7.89. The third-order valence-electron chi connectivity index (χ3n) is 3.95. The Balaban J connectivity index is 1.91. The zero-order valence-electron chi connectivity index (χ0n) is 13.8. The van der Waals surface area contributed by atoms with E-state index < -0.39 is 10.0 Å². The Morgan fingerprint density at radius 2 is 2.12 bits per heavy atom. The average molecular weight is 347 g/mol. The van der Waals surface area contributed by atoms with Gasteiger partial charge in [0.05, 0.1) is 11.7 Å². The summed E-state index contributed by atoms with van der Waals surface area (Å²) >= 11 is 0. The summed E-state index contributed by atoms with van der Waals surface area (Å²) < 4.78 is 27.3. The molecule has 24 heavy (non-hydrogen) atoms. The molecule has 0 bridgehead atoms. The first-order valence-electron chi connectivity index (χ1n) is 7.87. The van der Waals surface area contributed by atoms with Crippen LogP contribution >= 0.6 is 0 Å². The number of hydrogen-bond donors (Lipinski definition) is 0. The molecule has 0 spiro atoms. The summed E-state index contributed by atoms with van der Waals surface area (Å²) in [5.74, 6) is 0.569. The molecule has 0 aromatic carbocycles. The zero-order chi connectivity index (χ0) is 17.2. The fourth-order valence-corrected chi connectivity index (χ4v) is 4.53. The van der Waals surface area contributed by atoms with Crippen LogP contribution in [-0.4, -0.2) is 53.2 Å². The lowest BCUT2D eigenvalue weighted by Crippen LogP contribution is -2.31. The second-order valence-electron chi connectivity index (χ2n) is 6.11. The molecule has 1 unspecified atom stereocenters. The number of rotatable bonds is 5. The molecule has 2 aromatic heterocycles. The van der Waals surface area contributed by atoms with Gasteiger partial charge in [-0.15, -0.1) is 0 Å². The van der Waals surface area contributed by atoms with E-state index in [9.17, 15) is 8.42 Å². The molecule has 0 N–H and O–H groups in total. The minimum absolute atomic E-state index is 0.210. The number of pyridine rings is 1. The van der Waals surface area contributed by atoms with Crippen molar-refractivity contribution in [2.75, 3.05) is 20.6 Å². The standard InChI is InChI=1S/C16H21N5O2S/c1-20(2)12-13-7-9-18-16(19-13)15-6-4-10-21(15)24(22,23)14-5-3-8-17-11-14/h3,5,7-9,11,15H,4,6,10,12H2,1-2H3. The molecule has 0 aliphatic carbocycles. The first-order chi connectivity index (χ1) is 11.5. The van der Waals surface area contributed by atoms with Crippen LogP contribution in [0.1, 0.15) is 30.4 Å². The highest BCUT2D eigenvalue weighted by atomic mass is 32.2. The van der Waals surface area contributed by atoms with Gasteiger partial charge in [-0.25, -0.2) is 18.4 Å². The van der Waals surface area contributed by atoms with Crippen molar-refractivity contribution in [2.24, 2.45) is 0 Å². The second-order valence-corrected chi connectivity index (χ2v) is 8.00. The molecule has 3 heterocycles. The topological polar surface area (TPSA) is 79.3 Å². The number of aromatic nitrogens is 3. The van der Waals surface area contributed by atoms with Crippen molar-refractivity contribution in [2.45, 2.75) is 30.3 Å². The summed E-state index contributed by atoms with van der Waals surface area (Å²) in [5, 5.41) is 0. The third-order valence-corrected chi connectivity index (χ3v) is 5.84. The first-order valence-corrected chi connectivity index (χ1v) is 9.31. The van der Waals surface area contributed by atoms with Crippen LogP contribution in [0.15, 0.2) is 41.7 Å². The van der Waals surface area contributed by atoms with Crippen molar-refractivity contribution >= 4 is 10.0 Å². The van der Waals surface area contributed by atoms with Gasteiger partial charge < -0.3 is 4.90 Å². The third kappa shape index (κ3) is 3.45. The van der Waals surface area contributed by atoms with Gasteiger partial charge in [-0.3, -0.25) is 4.98 Å². The Labute approximate surface area is 142 Å². The maximum atomic E-state index is 12.9. The predicted octanol–water partition coefficient (Wildman–Crippen LogP) is 1.46. The SMILES string of the molecule is CN(C)Cc1ccnc(C2CCCN2S(=O)(=O)c2cccnc2)n1. The van der Waals surface area contributed by atoms with Gasteiger partial charge in [0.1, 0.15) is 10.7 Å². The van der Waals surface area contributed by atoms with Gasteiger partial charge in [0.25, 0.3) is 0 Å². The van der Waals surface area contributed by atoms with Crippen molar-refractivity contribution in [3.05, 3.63) is 48.3 Å². The normalized spacial score (nSPS) is 19.0. The minimum atomic E-state index is -3.59. The van der Waals surface area contributed by atoms with Crippen molar-refractivity contribution in [1.29, 1.82) is 0 Å². The van der Waals surface area contributed by atoms with E-state index in [-0.39, 0.29) is 10.9 Å². The van der Waals surface area contributed by atoms with E-state index in [4.69, 9.17) is 0 Å². The van der Waals surface area contributed by atoms with Crippen LogP contribution in [0.5, 0.6) is 0 Å². The Hall–Kier alpha value is -1.90. The van der Waals surface area contributed by atoms with E-state index in [1.165, 1.54) is 10.5 Å². The van der Waals surface area contributed by atoms with Gasteiger partial charge in [0.2, 0.25) is 10.0 Å². The van der Waals surface area contributed by atoms with Crippen LogP contribution in [0, 0.1) is 0 Å². The Kier molecular flexibility index (Phi) is 4.88. The Morgan fingerprint density at radius 3 is 2.83 bits per heavy atom. The van der Waals surface area contributed by atoms with Crippen LogP contribution in [0.2, 0.25) is 0 Å². The van der Waals surface area contributed by atoms with E-state index in [1.54, 1.807) is 24.5 Å². The van der Waals surface area contributed by atoms with Crippen molar-refractivity contribution in [3.63, 3.8) is 0 Å². The molecule has 1 fully saturated rings. The van der Waals surface area contributed by atoms with Crippen molar-refractivity contribution in [3.8, 4) is 0 Å². The summed E-state index contributed by atoms with van der Waals surface area (Å²) in [4.78, 5) is 15.1. The summed E-state index contributed by atoms with van der Waals surface area (Å²) in [5.41, 5.74) is 0.885. The van der Waals surface area contributed by atoms with Gasteiger partial charge in [-0.1, -0.05) is 0 Å². The molecule has 3 rings (SSSR count). The van der Waals surface area contributed by atoms with Crippen molar-refractivity contribution in [1.82, 2.24) is 24.2 Å². The maximum absolute atomic E-state index is 12.9. The van der Waals surface area contributed by atoms with Crippen LogP contribution in [-0.2, 0) is 16.6 Å². The van der Waals surface area contributed by atoms with Gasteiger partial charge >= 0.3 is 0 Å². The summed E-state index contributed by atoms with van der Waals surface area (Å²) in [6, 6.07) is 4.74. The van der Waals surface area contributed by atoms with E-state index in [1.807, 2.05) is 25.1 Å². The highest BCUT2D eigenvalue weighted by Crippen LogP contribution is 2.34. The fraction of sp³-hybridized carbons (Fsp3) is 0.438. The molecule has 128 valence electrons.